The van der Waals surface area contributed by atoms with Crippen molar-refractivity contribution in [2.24, 2.45) is 5.73 Å². The highest BCUT2D eigenvalue weighted by molar-refractivity contribution is 7.18. The van der Waals surface area contributed by atoms with Crippen molar-refractivity contribution in [2.75, 3.05) is 0 Å². The van der Waals surface area contributed by atoms with E-state index in [2.05, 4.69) is 30.1 Å². The standard InChI is InChI=1S/C13H16N2S/c1-9-15-11-3-2-10(8-12(11)16-9)4-5-13(14)6-7-13/h2-3,8H,4-7,14H2,1H3. The third-order valence-corrected chi connectivity index (χ3v) is 4.30. The number of fused-ring (bicyclic) bond motifs is 1. The zero-order valence-electron chi connectivity index (χ0n) is 9.49. The summed E-state index contributed by atoms with van der Waals surface area (Å²) < 4.78 is 1.30. The molecule has 1 aromatic heterocycles. The van der Waals surface area contributed by atoms with Gasteiger partial charge in [-0.1, -0.05) is 6.07 Å². The Morgan fingerprint density at radius 1 is 1.44 bits per heavy atom. The topological polar surface area (TPSA) is 38.9 Å². The molecule has 3 heteroatoms. The van der Waals surface area contributed by atoms with Gasteiger partial charge in [-0.2, -0.15) is 0 Å². The maximum atomic E-state index is 6.10. The molecule has 2 aromatic rings. The molecule has 0 aliphatic heterocycles. The van der Waals surface area contributed by atoms with Gasteiger partial charge in [0.2, 0.25) is 0 Å². The van der Waals surface area contributed by atoms with Gasteiger partial charge in [-0.25, -0.2) is 4.98 Å². The van der Waals surface area contributed by atoms with Gasteiger partial charge in [0, 0.05) is 5.54 Å². The first-order valence-corrected chi connectivity index (χ1v) is 6.61. The van der Waals surface area contributed by atoms with Gasteiger partial charge in [0.25, 0.3) is 0 Å². The van der Waals surface area contributed by atoms with Crippen LogP contribution in [0.15, 0.2) is 18.2 Å². The Hall–Kier alpha value is -0.930. The van der Waals surface area contributed by atoms with Crippen molar-refractivity contribution < 1.29 is 0 Å². The molecule has 1 aliphatic carbocycles. The number of hydrogen-bond acceptors (Lipinski definition) is 3. The lowest BCUT2D eigenvalue weighted by molar-refractivity contribution is 0.609. The van der Waals surface area contributed by atoms with Gasteiger partial charge in [0.05, 0.1) is 15.2 Å². The van der Waals surface area contributed by atoms with Crippen LogP contribution in [0.1, 0.15) is 29.8 Å². The summed E-state index contributed by atoms with van der Waals surface area (Å²) in [5, 5.41) is 1.14. The Labute approximate surface area is 99.5 Å². The first-order chi connectivity index (χ1) is 7.65. The fourth-order valence-corrected chi connectivity index (χ4v) is 2.93. The minimum Gasteiger partial charge on any atom is -0.325 e. The second kappa shape index (κ2) is 3.54. The number of aromatic nitrogens is 1. The lowest BCUT2D eigenvalue weighted by Gasteiger charge is -2.07. The molecule has 3 rings (SSSR count). The maximum absolute atomic E-state index is 6.10. The molecule has 0 atom stereocenters. The van der Waals surface area contributed by atoms with Crippen LogP contribution in [0, 0.1) is 6.92 Å². The summed E-state index contributed by atoms with van der Waals surface area (Å²) in [6.45, 7) is 2.06. The predicted octanol–water partition coefficient (Wildman–Crippen LogP) is 3.03. The van der Waals surface area contributed by atoms with Crippen LogP contribution in [0.25, 0.3) is 10.2 Å². The summed E-state index contributed by atoms with van der Waals surface area (Å²) in [4.78, 5) is 4.47. The fraction of sp³-hybridized carbons (Fsp3) is 0.462. The molecule has 0 amide bonds. The molecule has 0 bridgehead atoms. The van der Waals surface area contributed by atoms with Crippen LogP contribution in [-0.4, -0.2) is 10.5 Å². The van der Waals surface area contributed by atoms with Crippen molar-refractivity contribution in [1.82, 2.24) is 4.98 Å². The van der Waals surface area contributed by atoms with E-state index >= 15 is 0 Å². The largest absolute Gasteiger partial charge is 0.325 e. The summed E-state index contributed by atoms with van der Waals surface area (Å²) in [6.07, 6.45) is 4.63. The second-order valence-corrected chi connectivity index (χ2v) is 6.13. The highest BCUT2D eigenvalue weighted by Crippen LogP contribution is 2.36. The van der Waals surface area contributed by atoms with E-state index in [0.717, 1.165) is 23.4 Å². The van der Waals surface area contributed by atoms with E-state index in [1.165, 1.54) is 23.1 Å². The lowest BCUT2D eigenvalue weighted by atomic mass is 10.0. The number of hydrogen-bond donors (Lipinski definition) is 1. The Morgan fingerprint density at radius 2 is 2.25 bits per heavy atom. The van der Waals surface area contributed by atoms with Crippen molar-refractivity contribution in [2.45, 2.75) is 38.1 Å². The highest BCUT2D eigenvalue weighted by Gasteiger charge is 2.37. The molecule has 0 radical (unpaired) electrons. The van der Waals surface area contributed by atoms with E-state index in [0.29, 0.717) is 0 Å². The number of aryl methyl sites for hydroxylation is 2. The van der Waals surface area contributed by atoms with E-state index in [1.54, 1.807) is 11.3 Å². The van der Waals surface area contributed by atoms with Crippen molar-refractivity contribution >= 4 is 21.6 Å². The predicted molar refractivity (Wildman–Crippen MR) is 68.8 cm³/mol. The Morgan fingerprint density at radius 3 is 3.00 bits per heavy atom. The number of rotatable bonds is 3. The van der Waals surface area contributed by atoms with Gasteiger partial charge in [-0.3, -0.25) is 0 Å². The maximum Gasteiger partial charge on any atom is 0.0907 e. The van der Waals surface area contributed by atoms with Crippen LogP contribution in [0.2, 0.25) is 0 Å². The zero-order chi connectivity index (χ0) is 11.2. The van der Waals surface area contributed by atoms with Gasteiger partial charge in [0.1, 0.15) is 0 Å². The third-order valence-electron chi connectivity index (χ3n) is 3.36. The Bertz CT molecular complexity index is 526. The van der Waals surface area contributed by atoms with Gasteiger partial charge in [-0.05, 0) is 50.3 Å². The van der Waals surface area contributed by atoms with Gasteiger partial charge >= 0.3 is 0 Å². The van der Waals surface area contributed by atoms with Crippen molar-refractivity contribution in [3.05, 3.63) is 28.8 Å². The summed E-state index contributed by atoms with van der Waals surface area (Å²) in [6, 6.07) is 6.59. The molecule has 1 heterocycles. The summed E-state index contributed by atoms with van der Waals surface area (Å²) in [7, 11) is 0. The summed E-state index contributed by atoms with van der Waals surface area (Å²) in [5.41, 5.74) is 8.79. The molecule has 1 aromatic carbocycles. The van der Waals surface area contributed by atoms with E-state index in [4.69, 9.17) is 5.73 Å². The zero-order valence-corrected chi connectivity index (χ0v) is 10.3. The van der Waals surface area contributed by atoms with Crippen LogP contribution >= 0.6 is 11.3 Å². The fourth-order valence-electron chi connectivity index (χ4n) is 2.04. The van der Waals surface area contributed by atoms with Crippen LogP contribution in [0.4, 0.5) is 0 Å². The van der Waals surface area contributed by atoms with Crippen molar-refractivity contribution in [3.63, 3.8) is 0 Å². The number of nitrogens with two attached hydrogens (primary N) is 1. The minimum atomic E-state index is 0.165. The Balaban J connectivity index is 1.81. The average molecular weight is 232 g/mol. The first kappa shape index (κ1) is 10.2. The highest BCUT2D eigenvalue weighted by atomic mass is 32.1. The number of benzene rings is 1. The molecule has 1 fully saturated rings. The monoisotopic (exact) mass is 232 g/mol. The normalized spacial score (nSPS) is 17.9. The quantitative estimate of drug-likeness (QED) is 0.883. The van der Waals surface area contributed by atoms with Crippen molar-refractivity contribution in [1.29, 1.82) is 0 Å². The lowest BCUT2D eigenvalue weighted by Crippen LogP contribution is -2.21. The van der Waals surface area contributed by atoms with Gasteiger partial charge in [0.15, 0.2) is 0 Å². The Kier molecular flexibility index (Phi) is 2.26. The van der Waals surface area contributed by atoms with E-state index < -0.39 is 0 Å². The van der Waals surface area contributed by atoms with Gasteiger partial charge in [-0.15, -0.1) is 11.3 Å². The molecular formula is C13H16N2S. The van der Waals surface area contributed by atoms with E-state index in [1.807, 2.05) is 0 Å². The molecule has 1 aliphatic rings. The van der Waals surface area contributed by atoms with E-state index in [-0.39, 0.29) is 5.54 Å². The van der Waals surface area contributed by atoms with Gasteiger partial charge < -0.3 is 5.73 Å². The number of thiazole rings is 1. The summed E-state index contributed by atoms with van der Waals surface area (Å²) in [5.74, 6) is 0. The minimum absolute atomic E-state index is 0.165. The van der Waals surface area contributed by atoms with Crippen LogP contribution in [0.5, 0.6) is 0 Å². The third kappa shape index (κ3) is 1.97. The SMILES string of the molecule is Cc1nc2ccc(CCC3(N)CC3)cc2s1. The van der Waals surface area contributed by atoms with Crippen LogP contribution in [0.3, 0.4) is 0 Å². The molecule has 16 heavy (non-hydrogen) atoms. The first-order valence-electron chi connectivity index (χ1n) is 5.80. The molecule has 0 spiro atoms. The molecule has 2 nitrogen and oxygen atoms in total. The molecule has 2 N–H and O–H groups in total. The van der Waals surface area contributed by atoms with E-state index in [9.17, 15) is 0 Å². The second-order valence-electron chi connectivity index (χ2n) is 4.90. The van der Waals surface area contributed by atoms with Crippen molar-refractivity contribution in [3.8, 4) is 0 Å². The van der Waals surface area contributed by atoms with Crippen LogP contribution < -0.4 is 5.73 Å². The molecular weight excluding hydrogens is 216 g/mol. The average Bonchev–Trinajstić information content (AvgIpc) is 2.87. The van der Waals surface area contributed by atoms with Crippen LogP contribution in [-0.2, 0) is 6.42 Å². The molecule has 0 unspecified atom stereocenters. The summed E-state index contributed by atoms with van der Waals surface area (Å²) >= 11 is 1.77. The molecule has 0 saturated heterocycles. The molecule has 1 saturated carbocycles. The smallest absolute Gasteiger partial charge is 0.0907 e. The number of nitrogens with zero attached hydrogens (tertiary/aromatic N) is 1. The molecule has 84 valence electrons.